The lowest BCUT2D eigenvalue weighted by Gasteiger charge is -2.72. The zero-order chi connectivity index (χ0) is 72.3. The fourth-order valence-electron chi connectivity index (χ4n) is 20.7. The van der Waals surface area contributed by atoms with E-state index in [0.29, 0.717) is 44.9 Å². The molecule has 21 unspecified atom stereocenters. The lowest BCUT2D eigenvalue weighted by atomic mass is 9.33. The molecular weight excluding hydrogens is 1310 g/mol. The van der Waals surface area contributed by atoms with E-state index in [1.165, 1.54) is 21.3 Å². The topological polar surface area (TPSA) is 458 Å². The molecule has 30 heteroatoms. The van der Waals surface area contributed by atoms with Crippen LogP contribution in [0.3, 0.4) is 0 Å². The van der Waals surface area contributed by atoms with Crippen molar-refractivity contribution in [3.63, 3.8) is 0 Å². The summed E-state index contributed by atoms with van der Waals surface area (Å²) in [5.74, 6) is -3.77. The first-order chi connectivity index (χ1) is 46.6. The Labute approximate surface area is 577 Å². The third kappa shape index (κ3) is 13.3. The highest BCUT2D eigenvalue weighted by molar-refractivity contribution is 5.87. The van der Waals surface area contributed by atoms with Gasteiger partial charge in [-0.05, 0) is 117 Å². The van der Waals surface area contributed by atoms with Crippen molar-refractivity contribution in [3.8, 4) is 0 Å². The highest BCUT2D eigenvalue weighted by Crippen LogP contribution is 2.76. The average molecular weight is 1420 g/mol. The number of ketones is 1. The van der Waals surface area contributed by atoms with Gasteiger partial charge in [0.1, 0.15) is 110 Å². The molecule has 0 aromatic heterocycles. The second-order valence-corrected chi connectivity index (χ2v) is 32.5. The van der Waals surface area contributed by atoms with Crippen LogP contribution in [0.15, 0.2) is 11.6 Å². The first-order valence-corrected chi connectivity index (χ1v) is 35.5. The maximum Gasteiger partial charge on any atom is 0.335 e. The number of aliphatic hydroxyl groups excluding tert-OH is 14. The number of allylic oxidation sites excluding steroid dienone is 2. The molecule has 5 saturated heterocycles. The minimum absolute atomic E-state index is 0.0819. The van der Waals surface area contributed by atoms with E-state index in [0.717, 1.165) is 5.57 Å². The van der Waals surface area contributed by atoms with Crippen LogP contribution in [0.2, 0.25) is 0 Å². The SMILES string of the molecule is COC1C(O)[C@H](OC2C(O)[C@@H](OC)C(C)O[C@H]2CC(=O)[C@]23CCC(C)(C)CC2C2=CCC4[C@@]5(C)CCC(O[C@@H]6OC(C(=O)O)[C@@H](O)C(O[C@@H]7OC[C@@H](O)C(O)C7O)C6O[C@@H]6CC(CO)[C@H](O)C(O)C6O)[C@@](C)(CO)C5CC[C@@]4(C)[C@]2(C)CC3O)OC(C)[C@@H]1O[C@@H]1OC[C@@H](O)C(OC)C1O. The number of aliphatic hydroxyl groups is 14. The molecule has 0 amide bonds. The molecule has 0 bridgehead atoms. The third-order valence-electron chi connectivity index (χ3n) is 26.6. The van der Waals surface area contributed by atoms with E-state index in [-0.39, 0.29) is 55.3 Å². The number of aliphatic carboxylic acids is 1. The molecule has 38 atom stereocenters. The molecule has 5 saturated carbocycles. The van der Waals surface area contributed by atoms with Crippen LogP contribution in [0.5, 0.6) is 0 Å². The molecule has 0 spiro atoms. The Morgan fingerprint density at radius 3 is 1.83 bits per heavy atom. The highest BCUT2D eigenvalue weighted by Gasteiger charge is 2.72. The Morgan fingerprint density at radius 2 is 1.18 bits per heavy atom. The summed E-state index contributed by atoms with van der Waals surface area (Å²) in [6.45, 7) is 14.5. The Morgan fingerprint density at radius 1 is 0.556 bits per heavy atom. The number of hydrogen-bond donors (Lipinski definition) is 15. The smallest absolute Gasteiger partial charge is 0.335 e. The first kappa shape index (κ1) is 77.9. The number of Topliss-reactive ketones (excluding diaryl/α,β-unsaturated/α-hetero) is 1. The van der Waals surface area contributed by atoms with Gasteiger partial charge in [0.15, 0.2) is 31.3 Å². The zero-order valence-electron chi connectivity index (χ0n) is 58.6. The van der Waals surface area contributed by atoms with Gasteiger partial charge in [0.05, 0.1) is 68.0 Å². The van der Waals surface area contributed by atoms with Gasteiger partial charge in [0, 0.05) is 45.7 Å². The van der Waals surface area contributed by atoms with Crippen molar-refractivity contribution in [2.24, 2.45) is 56.2 Å². The summed E-state index contributed by atoms with van der Waals surface area (Å²) in [6.07, 6.45) is -36.2. The van der Waals surface area contributed by atoms with Gasteiger partial charge in [-0.15, -0.1) is 0 Å². The molecule has 10 fully saturated rings. The van der Waals surface area contributed by atoms with Crippen molar-refractivity contribution in [2.75, 3.05) is 47.8 Å². The van der Waals surface area contributed by atoms with Crippen LogP contribution < -0.4 is 0 Å². The minimum atomic E-state index is -2.12. The molecule has 11 aliphatic rings. The maximum absolute atomic E-state index is 16.1. The number of fused-ring (bicyclic) bond motifs is 7. The Kier molecular flexibility index (Phi) is 23.2. The van der Waals surface area contributed by atoms with Crippen molar-refractivity contribution < 1.29 is 148 Å². The van der Waals surface area contributed by atoms with Gasteiger partial charge < -0.3 is 138 Å². The fraction of sp³-hybridized carbons (Fsp3) is 0.942. The minimum Gasteiger partial charge on any atom is -0.479 e. The molecule has 5 heterocycles. The quantitative estimate of drug-likeness (QED) is 0.0494. The molecule has 0 radical (unpaired) electrons. The van der Waals surface area contributed by atoms with E-state index in [4.69, 9.17) is 61.6 Å². The van der Waals surface area contributed by atoms with Gasteiger partial charge in [-0.1, -0.05) is 53.2 Å². The monoisotopic (exact) mass is 1420 g/mol. The van der Waals surface area contributed by atoms with Crippen LogP contribution in [0, 0.1) is 56.2 Å². The van der Waals surface area contributed by atoms with Crippen LogP contribution in [0.25, 0.3) is 0 Å². The van der Waals surface area contributed by atoms with Gasteiger partial charge in [-0.25, -0.2) is 4.79 Å². The summed E-state index contributed by atoms with van der Waals surface area (Å²) in [4.78, 5) is 29.1. The Hall–Kier alpha value is -2.20. The Bertz CT molecular complexity index is 2820. The molecule has 15 N–H and O–H groups in total. The van der Waals surface area contributed by atoms with Crippen LogP contribution in [0.4, 0.5) is 0 Å². The van der Waals surface area contributed by atoms with E-state index in [1.807, 2.05) is 6.92 Å². The lowest BCUT2D eigenvalue weighted by Crippen LogP contribution is -2.69. The molecule has 0 aromatic carbocycles. The number of carbonyl (C=O) groups is 2. The van der Waals surface area contributed by atoms with E-state index in [9.17, 15) is 81.4 Å². The largest absolute Gasteiger partial charge is 0.479 e. The van der Waals surface area contributed by atoms with Crippen LogP contribution in [-0.4, -0.2) is 314 Å². The summed E-state index contributed by atoms with van der Waals surface area (Å²) >= 11 is 0. The predicted molar refractivity (Wildman–Crippen MR) is 338 cm³/mol. The summed E-state index contributed by atoms with van der Waals surface area (Å²) in [7, 11) is 4.10. The lowest BCUT2D eigenvalue weighted by molar-refractivity contribution is -0.371. The van der Waals surface area contributed by atoms with Gasteiger partial charge in [0.25, 0.3) is 0 Å². The average Bonchev–Trinajstić information content (AvgIpc) is 0.671. The van der Waals surface area contributed by atoms with Gasteiger partial charge in [0.2, 0.25) is 0 Å². The summed E-state index contributed by atoms with van der Waals surface area (Å²) < 4.78 is 79.4. The first-order valence-electron chi connectivity index (χ1n) is 35.5. The zero-order valence-corrected chi connectivity index (χ0v) is 58.6. The summed E-state index contributed by atoms with van der Waals surface area (Å²) in [5.41, 5.74) is -3.37. The normalized spacial score (nSPS) is 53.8. The second-order valence-electron chi connectivity index (χ2n) is 32.5. The van der Waals surface area contributed by atoms with Crippen molar-refractivity contribution in [3.05, 3.63) is 11.6 Å². The number of carbonyl (C=O) groups excluding carboxylic acids is 1. The molecular formula is C69H112O30. The van der Waals surface area contributed by atoms with Gasteiger partial charge in [-0.2, -0.15) is 0 Å². The number of methoxy groups -OCH3 is 3. The van der Waals surface area contributed by atoms with E-state index in [2.05, 4.69) is 40.7 Å². The molecule has 11 rings (SSSR count). The van der Waals surface area contributed by atoms with Crippen molar-refractivity contribution >= 4 is 11.8 Å². The van der Waals surface area contributed by atoms with E-state index < -0.39 is 242 Å². The fourth-order valence-corrected chi connectivity index (χ4v) is 20.7. The van der Waals surface area contributed by atoms with E-state index >= 15 is 4.79 Å². The van der Waals surface area contributed by atoms with Crippen molar-refractivity contribution in [1.82, 2.24) is 0 Å². The number of hydrogen-bond acceptors (Lipinski definition) is 29. The number of rotatable bonds is 19. The highest BCUT2D eigenvalue weighted by atomic mass is 16.8. The Balaban J connectivity index is 0.859. The predicted octanol–water partition coefficient (Wildman–Crippen LogP) is -1.93. The summed E-state index contributed by atoms with van der Waals surface area (Å²) in [6, 6.07) is 0. The molecule has 99 heavy (non-hydrogen) atoms. The van der Waals surface area contributed by atoms with Crippen LogP contribution in [-0.2, 0) is 71.2 Å². The summed E-state index contributed by atoms with van der Waals surface area (Å²) in [5, 5.41) is 169. The number of carboxylic acids is 1. The molecule has 5 aliphatic heterocycles. The van der Waals surface area contributed by atoms with Crippen molar-refractivity contribution in [1.29, 1.82) is 0 Å². The third-order valence-corrected chi connectivity index (χ3v) is 26.6. The van der Waals surface area contributed by atoms with Gasteiger partial charge in [-0.3, -0.25) is 4.79 Å². The molecule has 30 nitrogen and oxygen atoms in total. The standard InChI is InChI=1S/C69H112O30/c1-28-51(87-9)47(81)54(97-62-50(84)55(89-11)52(29(2)93-62)96-61-49(83)53(88-10)34(73)26-91-61)36(92-28)21-39(74)69-19-18-64(3,4)22-32(69)31-12-13-38-65(5)16-15-41(66(6,27-71)37(65)14-17-67(38,7)68(31,8)23-40(69)75)95-63-58(94-35-20-30(24-70)42(76)45(79)44(35)78)56(48(82)57(99-63)59(85)86)98-60-46(80)43(77)33(72)25-90-60/h12,28-30,32-38,40-58,60-63,70-73,75-84H,13-27H2,1-11H3,(H,85,86)/t28?,29?,30?,32?,33-,34-,35-,36+,37?,38?,40?,41?,42+,43?,44?,45?,46?,47?,48+,49?,50?,51+,52+,53?,54?,55?,56?,57?,58?,60+,61+,62+,63-,65+,66+,67-,68-,69+/m1/s1. The maximum atomic E-state index is 16.1. The van der Waals surface area contributed by atoms with Crippen molar-refractivity contribution in [2.45, 2.75) is 304 Å². The van der Waals surface area contributed by atoms with Crippen LogP contribution in [0.1, 0.15) is 126 Å². The number of carboxylic acid groups (broad SMARTS) is 1. The van der Waals surface area contributed by atoms with Gasteiger partial charge >= 0.3 is 5.97 Å². The number of ether oxygens (including phenoxy) is 13. The molecule has 568 valence electrons. The van der Waals surface area contributed by atoms with Crippen LogP contribution >= 0.6 is 0 Å². The molecule has 6 aliphatic carbocycles. The van der Waals surface area contributed by atoms with E-state index in [1.54, 1.807) is 13.8 Å². The molecule has 0 aromatic rings. The second kappa shape index (κ2) is 29.5.